The van der Waals surface area contributed by atoms with Crippen molar-refractivity contribution in [1.29, 1.82) is 0 Å². The van der Waals surface area contributed by atoms with Gasteiger partial charge in [0.1, 0.15) is 11.6 Å². The number of nitrogens with zero attached hydrogens (tertiary/aromatic N) is 3. The van der Waals surface area contributed by atoms with E-state index in [2.05, 4.69) is 26.9 Å². The van der Waals surface area contributed by atoms with E-state index in [1.54, 1.807) is 13.3 Å². The third-order valence-corrected chi connectivity index (χ3v) is 4.03. The van der Waals surface area contributed by atoms with E-state index in [4.69, 9.17) is 10.5 Å². The lowest BCUT2D eigenvalue weighted by atomic mass is 10.2. The third-order valence-electron chi connectivity index (χ3n) is 4.03. The lowest BCUT2D eigenvalue weighted by Crippen LogP contribution is -2.46. The molecule has 1 aliphatic rings. The summed E-state index contributed by atoms with van der Waals surface area (Å²) in [7, 11) is 1.69. The minimum atomic E-state index is 0.710. The summed E-state index contributed by atoms with van der Waals surface area (Å²) in [5.74, 6) is 1.92. The molecular weight excluding hydrogens is 276 g/mol. The van der Waals surface area contributed by atoms with Crippen LogP contribution in [0, 0.1) is 0 Å². The second-order valence-electron chi connectivity index (χ2n) is 5.56. The summed E-state index contributed by atoms with van der Waals surface area (Å²) in [6.07, 6.45) is 1.72. The number of rotatable bonds is 4. The Kier molecular flexibility index (Phi) is 4.44. The second kappa shape index (κ2) is 6.66. The molecule has 1 aromatic carbocycles. The minimum Gasteiger partial charge on any atom is -0.497 e. The number of anilines is 2. The summed E-state index contributed by atoms with van der Waals surface area (Å²) in [6, 6.07) is 12.2. The number of nitrogen functional groups attached to an aromatic ring is 1. The van der Waals surface area contributed by atoms with Gasteiger partial charge in [-0.15, -0.1) is 0 Å². The fourth-order valence-electron chi connectivity index (χ4n) is 2.71. The van der Waals surface area contributed by atoms with Crippen LogP contribution in [0.3, 0.4) is 0 Å². The van der Waals surface area contributed by atoms with Gasteiger partial charge in [-0.2, -0.15) is 0 Å². The molecule has 5 nitrogen and oxygen atoms in total. The first-order valence-electron chi connectivity index (χ1n) is 7.56. The van der Waals surface area contributed by atoms with Gasteiger partial charge in [-0.3, -0.25) is 4.90 Å². The van der Waals surface area contributed by atoms with Crippen LogP contribution in [0.15, 0.2) is 42.6 Å². The SMILES string of the molecule is COc1ccc(CN2CCN(c3ccc(N)cn3)CC2)cc1. The van der Waals surface area contributed by atoms with Crippen LogP contribution in [0.1, 0.15) is 5.56 Å². The zero-order valence-electron chi connectivity index (χ0n) is 12.9. The molecule has 0 bridgehead atoms. The van der Waals surface area contributed by atoms with Crippen molar-refractivity contribution in [2.75, 3.05) is 43.9 Å². The maximum Gasteiger partial charge on any atom is 0.128 e. The van der Waals surface area contributed by atoms with E-state index in [1.165, 1.54) is 5.56 Å². The van der Waals surface area contributed by atoms with Crippen LogP contribution in [0.2, 0.25) is 0 Å². The first kappa shape index (κ1) is 14.7. The predicted octanol–water partition coefficient (Wildman–Crippen LogP) is 1.99. The highest BCUT2D eigenvalue weighted by atomic mass is 16.5. The van der Waals surface area contributed by atoms with Crippen molar-refractivity contribution in [2.45, 2.75) is 6.54 Å². The van der Waals surface area contributed by atoms with Gasteiger partial charge in [0.25, 0.3) is 0 Å². The van der Waals surface area contributed by atoms with Gasteiger partial charge in [0.15, 0.2) is 0 Å². The van der Waals surface area contributed by atoms with Crippen molar-refractivity contribution in [3.8, 4) is 5.75 Å². The largest absolute Gasteiger partial charge is 0.497 e. The van der Waals surface area contributed by atoms with Crippen LogP contribution in [0.4, 0.5) is 11.5 Å². The molecule has 0 amide bonds. The number of pyridine rings is 1. The Morgan fingerprint density at radius 2 is 1.77 bits per heavy atom. The first-order valence-corrected chi connectivity index (χ1v) is 7.56. The van der Waals surface area contributed by atoms with E-state index in [1.807, 2.05) is 24.3 Å². The molecule has 1 aliphatic heterocycles. The number of aromatic nitrogens is 1. The van der Waals surface area contributed by atoms with Gasteiger partial charge in [0, 0.05) is 32.7 Å². The molecule has 22 heavy (non-hydrogen) atoms. The average molecular weight is 298 g/mol. The summed E-state index contributed by atoms with van der Waals surface area (Å²) in [4.78, 5) is 9.18. The fourth-order valence-corrected chi connectivity index (χ4v) is 2.71. The molecule has 2 N–H and O–H groups in total. The molecule has 0 unspecified atom stereocenters. The van der Waals surface area contributed by atoms with E-state index in [9.17, 15) is 0 Å². The standard InChI is InChI=1S/C17H22N4O/c1-22-16-5-2-14(3-6-16)13-20-8-10-21(11-9-20)17-7-4-15(18)12-19-17/h2-7,12H,8-11,13,18H2,1H3. The average Bonchev–Trinajstić information content (AvgIpc) is 2.57. The van der Waals surface area contributed by atoms with Crippen molar-refractivity contribution < 1.29 is 4.74 Å². The zero-order valence-corrected chi connectivity index (χ0v) is 12.9. The zero-order chi connectivity index (χ0) is 15.4. The summed E-state index contributed by atoms with van der Waals surface area (Å²) >= 11 is 0. The van der Waals surface area contributed by atoms with Crippen LogP contribution in [0.25, 0.3) is 0 Å². The number of methoxy groups -OCH3 is 1. The van der Waals surface area contributed by atoms with Gasteiger partial charge in [0.2, 0.25) is 0 Å². The molecule has 5 heteroatoms. The van der Waals surface area contributed by atoms with Gasteiger partial charge in [0.05, 0.1) is 19.0 Å². The lowest BCUT2D eigenvalue weighted by molar-refractivity contribution is 0.249. The summed E-state index contributed by atoms with van der Waals surface area (Å²) in [5.41, 5.74) is 7.72. The van der Waals surface area contributed by atoms with Crippen molar-refractivity contribution in [2.24, 2.45) is 0 Å². The number of benzene rings is 1. The Balaban J connectivity index is 1.53. The van der Waals surface area contributed by atoms with Crippen molar-refractivity contribution in [3.05, 3.63) is 48.2 Å². The van der Waals surface area contributed by atoms with E-state index in [-0.39, 0.29) is 0 Å². The Hall–Kier alpha value is -2.27. The maximum atomic E-state index is 5.69. The highest BCUT2D eigenvalue weighted by molar-refractivity contribution is 5.46. The van der Waals surface area contributed by atoms with Gasteiger partial charge in [-0.05, 0) is 29.8 Å². The molecule has 0 spiro atoms. The van der Waals surface area contributed by atoms with Crippen LogP contribution in [0.5, 0.6) is 5.75 Å². The molecule has 2 aromatic rings. The van der Waals surface area contributed by atoms with Gasteiger partial charge in [-0.1, -0.05) is 12.1 Å². The summed E-state index contributed by atoms with van der Waals surface area (Å²) in [6.45, 7) is 5.04. The monoisotopic (exact) mass is 298 g/mol. The number of ether oxygens (including phenoxy) is 1. The summed E-state index contributed by atoms with van der Waals surface area (Å²) < 4.78 is 5.19. The molecule has 1 fully saturated rings. The molecule has 0 saturated carbocycles. The molecule has 0 radical (unpaired) electrons. The predicted molar refractivity (Wildman–Crippen MR) is 89.1 cm³/mol. The van der Waals surface area contributed by atoms with Gasteiger partial charge < -0.3 is 15.4 Å². The molecule has 1 saturated heterocycles. The number of piperazine rings is 1. The van der Waals surface area contributed by atoms with Crippen molar-refractivity contribution in [3.63, 3.8) is 0 Å². The Morgan fingerprint density at radius 3 is 2.36 bits per heavy atom. The van der Waals surface area contributed by atoms with Crippen molar-refractivity contribution >= 4 is 11.5 Å². The van der Waals surface area contributed by atoms with E-state index >= 15 is 0 Å². The normalized spacial score (nSPS) is 15.8. The van der Waals surface area contributed by atoms with E-state index in [0.717, 1.165) is 44.3 Å². The number of hydrogen-bond acceptors (Lipinski definition) is 5. The van der Waals surface area contributed by atoms with Crippen molar-refractivity contribution in [1.82, 2.24) is 9.88 Å². The topological polar surface area (TPSA) is 54.6 Å². The quantitative estimate of drug-likeness (QED) is 0.935. The van der Waals surface area contributed by atoms with Gasteiger partial charge >= 0.3 is 0 Å². The molecule has 116 valence electrons. The van der Waals surface area contributed by atoms with Gasteiger partial charge in [-0.25, -0.2) is 4.98 Å². The highest BCUT2D eigenvalue weighted by Gasteiger charge is 2.17. The molecule has 1 aromatic heterocycles. The summed E-state index contributed by atoms with van der Waals surface area (Å²) in [5, 5.41) is 0. The smallest absolute Gasteiger partial charge is 0.128 e. The molecule has 0 aliphatic carbocycles. The number of nitrogens with two attached hydrogens (primary N) is 1. The lowest BCUT2D eigenvalue weighted by Gasteiger charge is -2.35. The molecule has 3 rings (SSSR count). The Morgan fingerprint density at radius 1 is 1.05 bits per heavy atom. The van der Waals surface area contributed by atoms with E-state index in [0.29, 0.717) is 5.69 Å². The maximum absolute atomic E-state index is 5.69. The van der Waals surface area contributed by atoms with Crippen LogP contribution < -0.4 is 15.4 Å². The van der Waals surface area contributed by atoms with Crippen LogP contribution in [-0.4, -0.2) is 43.2 Å². The molecule has 0 atom stereocenters. The Bertz CT molecular complexity index is 589. The van der Waals surface area contributed by atoms with Crippen LogP contribution >= 0.6 is 0 Å². The third kappa shape index (κ3) is 3.49. The molecule has 2 heterocycles. The molecular formula is C17H22N4O. The number of hydrogen-bond donors (Lipinski definition) is 1. The Labute approximate surface area is 131 Å². The van der Waals surface area contributed by atoms with E-state index < -0.39 is 0 Å². The van der Waals surface area contributed by atoms with Crippen LogP contribution in [-0.2, 0) is 6.54 Å². The first-order chi connectivity index (χ1) is 10.7. The fraction of sp³-hybridized carbons (Fsp3) is 0.353. The minimum absolute atomic E-state index is 0.710. The second-order valence-corrected chi connectivity index (χ2v) is 5.56. The highest BCUT2D eigenvalue weighted by Crippen LogP contribution is 2.17.